The Kier molecular flexibility index (Phi) is 4.56. The van der Waals surface area contributed by atoms with Gasteiger partial charge in [0.1, 0.15) is 12.1 Å². The lowest BCUT2D eigenvalue weighted by atomic mass is 10.0. The van der Waals surface area contributed by atoms with Crippen LogP contribution in [0.5, 0.6) is 0 Å². The first-order valence-corrected chi connectivity index (χ1v) is 5.30. The molecule has 0 saturated carbocycles. The van der Waals surface area contributed by atoms with Crippen molar-refractivity contribution in [2.24, 2.45) is 0 Å². The maximum atomic E-state index is 10.5. The van der Waals surface area contributed by atoms with Gasteiger partial charge in [0.25, 0.3) is 5.69 Å². The van der Waals surface area contributed by atoms with Gasteiger partial charge in [0.2, 0.25) is 0 Å². The lowest BCUT2D eigenvalue weighted by molar-refractivity contribution is -0.891. The Morgan fingerprint density at radius 2 is 1.88 bits per heavy atom. The van der Waals surface area contributed by atoms with Gasteiger partial charge in [0.05, 0.1) is 25.6 Å². The van der Waals surface area contributed by atoms with Crippen LogP contribution < -0.4 is 4.90 Å². The summed E-state index contributed by atoms with van der Waals surface area (Å²) in [5.41, 5.74) is 0.551. The van der Waals surface area contributed by atoms with E-state index in [9.17, 15) is 20.3 Å². The lowest BCUT2D eigenvalue weighted by Crippen LogP contribution is -3.11. The topological polar surface area (TPSA) is 88.0 Å². The number of likely N-dealkylation sites (N-methyl/N-ethyl adjacent to an activating group) is 1. The van der Waals surface area contributed by atoms with E-state index in [1.54, 1.807) is 0 Å². The molecule has 1 aromatic carbocycles. The summed E-state index contributed by atoms with van der Waals surface area (Å²) in [5.74, 6) is 0. The van der Waals surface area contributed by atoms with Gasteiger partial charge in [-0.3, -0.25) is 10.1 Å². The van der Waals surface area contributed by atoms with Gasteiger partial charge in [-0.15, -0.1) is 0 Å². The fraction of sp³-hybridized carbons (Fsp3) is 0.455. The van der Waals surface area contributed by atoms with Gasteiger partial charge >= 0.3 is 0 Å². The van der Waals surface area contributed by atoms with E-state index in [1.165, 1.54) is 24.3 Å². The Morgan fingerprint density at radius 1 is 1.35 bits per heavy atom. The first-order valence-electron chi connectivity index (χ1n) is 5.30. The summed E-state index contributed by atoms with van der Waals surface area (Å²) < 4.78 is 0. The molecule has 6 nitrogen and oxygen atoms in total. The van der Waals surface area contributed by atoms with Crippen LogP contribution in [0.4, 0.5) is 5.69 Å². The monoisotopic (exact) mass is 241 g/mol. The highest BCUT2D eigenvalue weighted by atomic mass is 16.6. The third-order valence-corrected chi connectivity index (χ3v) is 2.76. The van der Waals surface area contributed by atoms with Gasteiger partial charge in [0, 0.05) is 12.1 Å². The average molecular weight is 241 g/mol. The molecule has 0 aliphatic carbocycles. The molecule has 17 heavy (non-hydrogen) atoms. The molecule has 0 amide bonds. The van der Waals surface area contributed by atoms with E-state index in [0.29, 0.717) is 5.56 Å². The van der Waals surface area contributed by atoms with E-state index in [4.69, 9.17) is 0 Å². The summed E-state index contributed by atoms with van der Waals surface area (Å²) >= 11 is 0. The Labute approximate surface area is 99.3 Å². The largest absolute Gasteiger partial charge is 0.390 e. The molecule has 0 aliphatic heterocycles. The van der Waals surface area contributed by atoms with Crippen LogP contribution in [-0.2, 0) is 0 Å². The SMILES string of the molecule is C[NH+](C)[C@@H](CO)[C@@H](O)c1ccc([N+](=O)[O-])cc1. The average Bonchev–Trinajstić information content (AvgIpc) is 2.29. The molecule has 0 bridgehead atoms. The third-order valence-electron chi connectivity index (χ3n) is 2.76. The van der Waals surface area contributed by atoms with Gasteiger partial charge in [-0.1, -0.05) is 0 Å². The van der Waals surface area contributed by atoms with Crippen LogP contribution >= 0.6 is 0 Å². The molecule has 94 valence electrons. The highest BCUT2D eigenvalue weighted by Gasteiger charge is 2.25. The summed E-state index contributed by atoms with van der Waals surface area (Å²) in [4.78, 5) is 10.9. The summed E-state index contributed by atoms with van der Waals surface area (Å²) in [7, 11) is 3.66. The van der Waals surface area contributed by atoms with Crippen LogP contribution in [0.25, 0.3) is 0 Å². The number of hydrogen-bond acceptors (Lipinski definition) is 4. The predicted octanol–water partition coefficient (Wildman–Crippen LogP) is -0.866. The van der Waals surface area contributed by atoms with Crippen LogP contribution in [0.3, 0.4) is 0 Å². The minimum absolute atomic E-state index is 0.0151. The molecule has 0 saturated heterocycles. The fourth-order valence-electron chi connectivity index (χ4n) is 1.62. The van der Waals surface area contributed by atoms with Gasteiger partial charge in [-0.05, 0) is 17.7 Å². The van der Waals surface area contributed by atoms with Crippen LogP contribution in [0, 0.1) is 10.1 Å². The number of nitrogens with one attached hydrogen (secondary N) is 1. The van der Waals surface area contributed by atoms with Crippen LogP contribution in [0.15, 0.2) is 24.3 Å². The lowest BCUT2D eigenvalue weighted by Gasteiger charge is -2.24. The Bertz CT molecular complexity index is 378. The Hall–Kier alpha value is -1.50. The second kappa shape index (κ2) is 5.72. The predicted molar refractivity (Wildman–Crippen MR) is 61.7 cm³/mol. The molecule has 2 atom stereocenters. The van der Waals surface area contributed by atoms with E-state index in [0.717, 1.165) is 4.90 Å². The van der Waals surface area contributed by atoms with Crippen molar-refractivity contribution in [2.75, 3.05) is 20.7 Å². The van der Waals surface area contributed by atoms with Gasteiger partial charge in [-0.2, -0.15) is 0 Å². The summed E-state index contributed by atoms with van der Waals surface area (Å²) in [6.45, 7) is -0.152. The van der Waals surface area contributed by atoms with E-state index < -0.39 is 11.0 Å². The Morgan fingerprint density at radius 3 is 2.24 bits per heavy atom. The molecule has 0 aromatic heterocycles. The smallest absolute Gasteiger partial charge is 0.269 e. The number of quaternary nitrogens is 1. The fourth-order valence-corrected chi connectivity index (χ4v) is 1.62. The maximum absolute atomic E-state index is 10.5. The van der Waals surface area contributed by atoms with Crippen molar-refractivity contribution in [1.29, 1.82) is 0 Å². The first kappa shape index (κ1) is 13.6. The number of non-ortho nitro benzene ring substituents is 1. The van der Waals surface area contributed by atoms with E-state index >= 15 is 0 Å². The van der Waals surface area contributed by atoms with Crippen molar-refractivity contribution < 1.29 is 20.0 Å². The zero-order chi connectivity index (χ0) is 13.0. The number of nitro benzene ring substituents is 1. The van der Waals surface area contributed by atoms with Crippen LogP contribution in [0.2, 0.25) is 0 Å². The standard InChI is InChI=1S/C11H16N2O4/c1-12(2)10(7-14)11(15)8-3-5-9(6-4-8)13(16)17/h3-6,10-11,14-15H,7H2,1-2H3/p+1/t10-,11-/m0/s1. The molecule has 6 heteroatoms. The molecule has 0 fully saturated rings. The molecule has 1 rings (SSSR count). The Balaban J connectivity index is 2.88. The van der Waals surface area contributed by atoms with Crippen molar-refractivity contribution in [3.8, 4) is 0 Å². The number of aliphatic hydroxyl groups excluding tert-OH is 2. The highest BCUT2D eigenvalue weighted by Crippen LogP contribution is 2.19. The van der Waals surface area contributed by atoms with Crippen molar-refractivity contribution in [1.82, 2.24) is 0 Å². The zero-order valence-corrected chi connectivity index (χ0v) is 9.83. The number of benzene rings is 1. The van der Waals surface area contributed by atoms with E-state index in [-0.39, 0.29) is 18.3 Å². The molecule has 0 aliphatic rings. The van der Waals surface area contributed by atoms with Crippen molar-refractivity contribution in [3.05, 3.63) is 39.9 Å². The molecular formula is C11H17N2O4+. The van der Waals surface area contributed by atoms with Gasteiger partial charge < -0.3 is 15.1 Å². The molecule has 3 N–H and O–H groups in total. The van der Waals surface area contributed by atoms with Crippen molar-refractivity contribution in [2.45, 2.75) is 12.1 Å². The first-order chi connectivity index (χ1) is 7.97. The molecule has 0 unspecified atom stereocenters. The summed E-state index contributed by atoms with van der Waals surface area (Å²) in [6.07, 6.45) is -0.842. The molecule has 1 aromatic rings. The van der Waals surface area contributed by atoms with Crippen molar-refractivity contribution >= 4 is 5.69 Å². The molecule has 0 spiro atoms. The normalized spacial score (nSPS) is 14.6. The molecular weight excluding hydrogens is 224 g/mol. The van der Waals surface area contributed by atoms with Crippen molar-refractivity contribution in [3.63, 3.8) is 0 Å². The quantitative estimate of drug-likeness (QED) is 0.462. The minimum atomic E-state index is -0.842. The number of nitrogens with zero attached hydrogens (tertiary/aromatic N) is 1. The van der Waals surface area contributed by atoms with Gasteiger partial charge in [-0.25, -0.2) is 0 Å². The maximum Gasteiger partial charge on any atom is 0.269 e. The number of rotatable bonds is 5. The minimum Gasteiger partial charge on any atom is -0.390 e. The van der Waals surface area contributed by atoms with E-state index in [1.807, 2.05) is 14.1 Å². The van der Waals surface area contributed by atoms with E-state index in [2.05, 4.69) is 0 Å². The molecule has 0 radical (unpaired) electrons. The second-order valence-corrected chi connectivity index (χ2v) is 4.16. The highest BCUT2D eigenvalue weighted by molar-refractivity contribution is 5.34. The zero-order valence-electron chi connectivity index (χ0n) is 9.83. The van der Waals surface area contributed by atoms with Crippen LogP contribution in [-0.4, -0.2) is 41.9 Å². The third kappa shape index (κ3) is 3.23. The summed E-state index contributed by atoms with van der Waals surface area (Å²) in [6, 6.07) is 5.36. The number of hydrogen-bond donors (Lipinski definition) is 3. The summed E-state index contributed by atoms with van der Waals surface area (Å²) in [5, 5.41) is 29.7. The second-order valence-electron chi connectivity index (χ2n) is 4.16. The number of aliphatic hydroxyl groups is 2. The molecule has 0 heterocycles. The van der Waals surface area contributed by atoms with Crippen LogP contribution in [0.1, 0.15) is 11.7 Å². The number of nitro groups is 1. The van der Waals surface area contributed by atoms with Gasteiger partial charge in [0.15, 0.2) is 0 Å².